The predicted octanol–water partition coefficient (Wildman–Crippen LogP) is 3.83. The van der Waals surface area contributed by atoms with Crippen LogP contribution in [-0.2, 0) is 6.54 Å². The zero-order valence-electron chi connectivity index (χ0n) is 19.3. The van der Waals surface area contributed by atoms with Crippen LogP contribution in [0.5, 0.6) is 11.8 Å². The van der Waals surface area contributed by atoms with Crippen LogP contribution >= 0.6 is 0 Å². The topological polar surface area (TPSA) is 102 Å². The van der Waals surface area contributed by atoms with E-state index in [0.29, 0.717) is 41.5 Å². The van der Waals surface area contributed by atoms with Crippen LogP contribution in [0.25, 0.3) is 22.6 Å². The fourth-order valence-electron chi connectivity index (χ4n) is 3.41. The van der Waals surface area contributed by atoms with Gasteiger partial charge in [-0.25, -0.2) is 14.4 Å². The highest BCUT2D eigenvalue weighted by molar-refractivity contribution is 5.87. The number of hydrogen-bond acceptors (Lipinski definition) is 8. The van der Waals surface area contributed by atoms with Crippen LogP contribution in [0.2, 0.25) is 0 Å². The molecule has 0 aliphatic carbocycles. The number of phenols is 1. The summed E-state index contributed by atoms with van der Waals surface area (Å²) < 4.78 is 21.5. The molecule has 176 valence electrons. The molecular weight excluding hydrogens is 437 g/mol. The third-order valence-electron chi connectivity index (χ3n) is 4.99. The van der Waals surface area contributed by atoms with Gasteiger partial charge < -0.3 is 19.3 Å². The molecule has 0 radical (unpaired) electrons. The lowest BCUT2D eigenvalue weighted by Crippen LogP contribution is -2.12. The van der Waals surface area contributed by atoms with E-state index in [-0.39, 0.29) is 11.8 Å². The molecule has 4 aromatic rings. The highest BCUT2D eigenvalue weighted by Crippen LogP contribution is 2.31. The Morgan fingerprint density at radius 2 is 1.94 bits per heavy atom. The molecule has 3 heterocycles. The maximum atomic E-state index is 14.0. The summed E-state index contributed by atoms with van der Waals surface area (Å²) >= 11 is 0. The average Bonchev–Trinajstić information content (AvgIpc) is 3.17. The van der Waals surface area contributed by atoms with Crippen LogP contribution in [0, 0.1) is 5.82 Å². The number of aromatic nitrogens is 5. The van der Waals surface area contributed by atoms with Gasteiger partial charge in [-0.1, -0.05) is 12.1 Å². The van der Waals surface area contributed by atoms with Gasteiger partial charge in [-0.3, -0.25) is 4.98 Å². The number of nitrogens with zero attached hydrogens (tertiary/aromatic N) is 7. The zero-order valence-corrected chi connectivity index (χ0v) is 19.3. The number of benzene rings is 1. The van der Waals surface area contributed by atoms with Crippen LogP contribution in [0.4, 0.5) is 10.2 Å². The van der Waals surface area contributed by atoms with Gasteiger partial charge in [-0.05, 0) is 51.2 Å². The van der Waals surface area contributed by atoms with Crippen LogP contribution in [0.15, 0.2) is 47.7 Å². The lowest BCUT2D eigenvalue weighted by molar-refractivity contribution is 0.314. The number of ether oxygens (including phenoxy) is 1. The number of halogens is 1. The fraction of sp³-hybridized carbons (Fsp3) is 0.292. The minimum absolute atomic E-state index is 0.170. The number of fused-ring (bicyclic) bond motifs is 1. The molecule has 0 saturated heterocycles. The van der Waals surface area contributed by atoms with Crippen molar-refractivity contribution in [1.82, 2.24) is 29.4 Å². The second-order valence-electron chi connectivity index (χ2n) is 7.92. The molecule has 0 aliphatic rings. The average molecular weight is 464 g/mol. The first kappa shape index (κ1) is 23.2. The Morgan fingerprint density at radius 3 is 2.65 bits per heavy atom. The molecule has 10 heteroatoms. The lowest BCUT2D eigenvalue weighted by atomic mass is 10.2. The normalized spacial score (nSPS) is 11.7. The summed E-state index contributed by atoms with van der Waals surface area (Å²) in [5.41, 5.74) is 2.38. The fourth-order valence-corrected chi connectivity index (χ4v) is 3.41. The van der Waals surface area contributed by atoms with Crippen LogP contribution in [0.3, 0.4) is 0 Å². The molecule has 9 nitrogen and oxygen atoms in total. The van der Waals surface area contributed by atoms with Crippen molar-refractivity contribution in [2.45, 2.75) is 19.9 Å². The molecule has 0 saturated carbocycles. The largest absolute Gasteiger partial charge is 0.508 e. The Morgan fingerprint density at radius 1 is 1.15 bits per heavy atom. The van der Waals surface area contributed by atoms with E-state index in [2.05, 4.69) is 24.8 Å². The first-order valence-corrected chi connectivity index (χ1v) is 10.9. The van der Waals surface area contributed by atoms with Crippen molar-refractivity contribution in [3.05, 3.63) is 54.1 Å². The number of aliphatic imine (C=N–C) groups is 1. The number of phenolic OH excluding ortho intramolecular Hbond substituents is 1. The second-order valence-corrected chi connectivity index (χ2v) is 7.92. The van der Waals surface area contributed by atoms with Gasteiger partial charge in [0.15, 0.2) is 17.0 Å². The Kier molecular flexibility index (Phi) is 7.07. The maximum Gasteiger partial charge on any atom is 0.320 e. The van der Waals surface area contributed by atoms with Crippen molar-refractivity contribution < 1.29 is 14.2 Å². The Hall–Kier alpha value is -3.92. The molecule has 3 aromatic heterocycles. The van der Waals surface area contributed by atoms with Gasteiger partial charge in [0, 0.05) is 24.5 Å². The van der Waals surface area contributed by atoms with Crippen molar-refractivity contribution >= 4 is 23.2 Å². The highest BCUT2D eigenvalue weighted by Gasteiger charge is 2.20. The van der Waals surface area contributed by atoms with Gasteiger partial charge in [0.2, 0.25) is 0 Å². The third-order valence-corrected chi connectivity index (χ3v) is 4.99. The molecule has 0 fully saturated rings. The molecule has 1 N–H and O–H groups in total. The van der Waals surface area contributed by atoms with E-state index in [1.807, 2.05) is 25.6 Å². The van der Waals surface area contributed by atoms with E-state index in [9.17, 15) is 9.50 Å². The molecule has 0 spiro atoms. The minimum atomic E-state index is -0.469. The predicted molar refractivity (Wildman–Crippen MR) is 128 cm³/mol. The molecule has 0 unspecified atom stereocenters. The molecule has 0 atom stereocenters. The molecular formula is C24H26FN7O2. The van der Waals surface area contributed by atoms with Crippen molar-refractivity contribution in [2.75, 3.05) is 27.2 Å². The molecule has 0 amide bonds. The monoisotopic (exact) mass is 463 g/mol. The van der Waals surface area contributed by atoms with Gasteiger partial charge in [-0.15, -0.1) is 0 Å². The summed E-state index contributed by atoms with van der Waals surface area (Å²) in [4.78, 5) is 24.4. The SMILES string of the molecule is CCOc1nc(N=CCCN(C)C)c2nc(-c3cncc(F)c3)n(Cc3ccc(O)cc3)c2n1. The van der Waals surface area contributed by atoms with Gasteiger partial charge in [0.05, 0.1) is 19.3 Å². The number of aromatic hydroxyl groups is 1. The second kappa shape index (κ2) is 10.3. The third kappa shape index (κ3) is 5.34. The Bertz CT molecular complexity index is 1300. The number of pyridine rings is 1. The van der Waals surface area contributed by atoms with Crippen molar-refractivity contribution in [3.8, 4) is 23.1 Å². The van der Waals surface area contributed by atoms with E-state index in [0.717, 1.165) is 24.7 Å². The highest BCUT2D eigenvalue weighted by atomic mass is 19.1. The van der Waals surface area contributed by atoms with E-state index < -0.39 is 5.82 Å². The van der Waals surface area contributed by atoms with Crippen LogP contribution in [-0.4, -0.2) is 68.0 Å². The van der Waals surface area contributed by atoms with Crippen LogP contribution in [0.1, 0.15) is 18.9 Å². The van der Waals surface area contributed by atoms with Gasteiger partial charge in [0.1, 0.15) is 17.4 Å². The van der Waals surface area contributed by atoms with Gasteiger partial charge in [-0.2, -0.15) is 9.97 Å². The van der Waals surface area contributed by atoms with E-state index in [1.54, 1.807) is 36.7 Å². The lowest BCUT2D eigenvalue weighted by Gasteiger charge is -2.10. The van der Waals surface area contributed by atoms with Crippen molar-refractivity contribution in [2.24, 2.45) is 4.99 Å². The first-order valence-electron chi connectivity index (χ1n) is 10.9. The smallest absolute Gasteiger partial charge is 0.320 e. The first-order chi connectivity index (χ1) is 16.4. The Balaban J connectivity index is 1.89. The number of rotatable bonds is 9. The van der Waals surface area contributed by atoms with Crippen molar-refractivity contribution in [1.29, 1.82) is 0 Å². The number of imidazole rings is 1. The Labute approximate surface area is 196 Å². The van der Waals surface area contributed by atoms with Gasteiger partial charge >= 0.3 is 6.01 Å². The molecule has 34 heavy (non-hydrogen) atoms. The zero-order chi connectivity index (χ0) is 24.1. The molecule has 0 aliphatic heterocycles. The van der Waals surface area contributed by atoms with Crippen LogP contribution < -0.4 is 4.74 Å². The van der Waals surface area contributed by atoms with Gasteiger partial charge in [0.25, 0.3) is 0 Å². The standard InChI is InChI=1S/C24H26FN7O2/c1-4-34-24-29-21(27-10-5-11-31(2)3)20-23(30-24)32(15-16-6-8-19(33)9-7-16)22(28-20)17-12-18(25)14-26-13-17/h6-10,12-14,33H,4-5,11,15H2,1-3H3. The van der Waals surface area contributed by atoms with E-state index in [4.69, 9.17) is 9.72 Å². The quantitative estimate of drug-likeness (QED) is 0.376. The summed E-state index contributed by atoms with van der Waals surface area (Å²) in [6, 6.07) is 8.39. The summed E-state index contributed by atoms with van der Waals surface area (Å²) in [5.74, 6) is 0.554. The minimum Gasteiger partial charge on any atom is -0.508 e. The summed E-state index contributed by atoms with van der Waals surface area (Å²) in [6.45, 7) is 3.45. The molecule has 1 aromatic carbocycles. The molecule has 0 bridgehead atoms. The summed E-state index contributed by atoms with van der Waals surface area (Å²) in [6.07, 6.45) is 5.22. The van der Waals surface area contributed by atoms with Crippen molar-refractivity contribution in [3.63, 3.8) is 0 Å². The summed E-state index contributed by atoms with van der Waals surface area (Å²) in [7, 11) is 3.99. The van der Waals surface area contributed by atoms with E-state index >= 15 is 0 Å². The summed E-state index contributed by atoms with van der Waals surface area (Å²) in [5, 5.41) is 9.66. The van der Waals surface area contributed by atoms with E-state index in [1.165, 1.54) is 6.07 Å². The molecule has 4 rings (SSSR count). The maximum absolute atomic E-state index is 14.0. The number of hydrogen-bond donors (Lipinski definition) is 1.